The monoisotopic (exact) mass is 233 g/mol. The summed E-state index contributed by atoms with van der Waals surface area (Å²) in [5.41, 5.74) is 0. The minimum absolute atomic E-state index is 0.0358. The first-order valence-electron chi connectivity index (χ1n) is 5.92. The average molecular weight is 233 g/mol. The molecule has 1 saturated heterocycles. The molecular formula is C12H21F2NO. The van der Waals surface area contributed by atoms with Gasteiger partial charge in [-0.25, -0.2) is 8.78 Å². The molecule has 0 bridgehead atoms. The van der Waals surface area contributed by atoms with E-state index in [9.17, 15) is 13.6 Å². The van der Waals surface area contributed by atoms with Gasteiger partial charge in [-0.15, -0.1) is 0 Å². The summed E-state index contributed by atoms with van der Waals surface area (Å²) in [6.45, 7) is 7.18. The van der Waals surface area contributed by atoms with Crippen molar-refractivity contribution in [1.29, 1.82) is 0 Å². The lowest BCUT2D eigenvalue weighted by molar-refractivity contribution is -0.157. The average Bonchev–Trinajstić information content (AvgIpc) is 2.13. The molecule has 1 atom stereocenters. The fraction of sp³-hybridized carbons (Fsp3) is 0.917. The number of amides is 1. The van der Waals surface area contributed by atoms with E-state index >= 15 is 0 Å². The zero-order valence-corrected chi connectivity index (χ0v) is 10.5. The molecule has 0 aromatic carbocycles. The SMILES string of the molecule is CC(C)C(=O)N1CCC(C(C)C)C(F)(F)C1. The standard InChI is InChI=1S/C12H21F2NO/c1-8(2)10-5-6-15(7-12(10,13)14)11(16)9(3)4/h8-10H,5-7H2,1-4H3. The van der Waals surface area contributed by atoms with E-state index in [1.807, 2.05) is 13.8 Å². The number of halogens is 2. The van der Waals surface area contributed by atoms with Crippen LogP contribution in [0.25, 0.3) is 0 Å². The summed E-state index contributed by atoms with van der Waals surface area (Å²) in [5.74, 6) is -3.74. The number of carbonyl (C=O) groups is 1. The summed E-state index contributed by atoms with van der Waals surface area (Å²) >= 11 is 0. The van der Waals surface area contributed by atoms with Crippen molar-refractivity contribution in [2.24, 2.45) is 17.8 Å². The first-order valence-corrected chi connectivity index (χ1v) is 5.92. The molecule has 0 aromatic rings. The molecule has 0 aromatic heterocycles. The molecule has 1 aliphatic rings. The van der Waals surface area contributed by atoms with E-state index in [0.29, 0.717) is 13.0 Å². The van der Waals surface area contributed by atoms with E-state index in [1.54, 1.807) is 13.8 Å². The predicted molar refractivity (Wildman–Crippen MR) is 59.3 cm³/mol. The molecule has 1 unspecified atom stereocenters. The van der Waals surface area contributed by atoms with Gasteiger partial charge in [0.2, 0.25) is 5.91 Å². The van der Waals surface area contributed by atoms with Crippen LogP contribution < -0.4 is 0 Å². The van der Waals surface area contributed by atoms with E-state index in [4.69, 9.17) is 0 Å². The number of likely N-dealkylation sites (tertiary alicyclic amines) is 1. The smallest absolute Gasteiger partial charge is 0.268 e. The maximum Gasteiger partial charge on any atom is 0.268 e. The molecule has 0 aliphatic carbocycles. The minimum Gasteiger partial charge on any atom is -0.336 e. The third-order valence-corrected chi connectivity index (χ3v) is 3.26. The maximum atomic E-state index is 13.8. The van der Waals surface area contributed by atoms with Crippen LogP contribution in [-0.2, 0) is 4.79 Å². The molecule has 4 heteroatoms. The molecule has 1 heterocycles. The van der Waals surface area contributed by atoms with Gasteiger partial charge >= 0.3 is 0 Å². The molecule has 1 fully saturated rings. The van der Waals surface area contributed by atoms with E-state index < -0.39 is 18.4 Å². The number of hydrogen-bond acceptors (Lipinski definition) is 1. The highest BCUT2D eigenvalue weighted by Gasteiger charge is 2.46. The molecule has 1 aliphatic heterocycles. The summed E-state index contributed by atoms with van der Waals surface area (Å²) in [7, 11) is 0. The maximum absolute atomic E-state index is 13.8. The molecule has 94 valence electrons. The Bertz CT molecular complexity index is 264. The number of piperidine rings is 1. The zero-order valence-electron chi connectivity index (χ0n) is 10.5. The van der Waals surface area contributed by atoms with Crippen molar-refractivity contribution in [2.45, 2.75) is 40.0 Å². The van der Waals surface area contributed by atoms with Gasteiger partial charge in [0, 0.05) is 18.4 Å². The lowest BCUT2D eigenvalue weighted by atomic mass is 9.83. The Morgan fingerprint density at radius 2 is 1.88 bits per heavy atom. The van der Waals surface area contributed by atoms with E-state index in [0.717, 1.165) is 0 Å². The van der Waals surface area contributed by atoms with Gasteiger partial charge in [-0.1, -0.05) is 27.7 Å². The van der Waals surface area contributed by atoms with Crippen LogP contribution in [0.3, 0.4) is 0 Å². The second-order valence-electron chi connectivity index (χ2n) is 5.31. The van der Waals surface area contributed by atoms with Gasteiger partial charge in [0.05, 0.1) is 6.54 Å². The van der Waals surface area contributed by atoms with Gasteiger partial charge in [-0.3, -0.25) is 4.79 Å². The number of hydrogen-bond donors (Lipinski definition) is 0. The normalized spacial score (nSPS) is 25.2. The summed E-state index contributed by atoms with van der Waals surface area (Å²) in [6.07, 6.45) is 0.406. The molecule has 0 saturated carbocycles. The van der Waals surface area contributed by atoms with Gasteiger partial charge in [-0.2, -0.15) is 0 Å². The molecule has 1 rings (SSSR count). The molecule has 0 radical (unpaired) electrons. The fourth-order valence-electron chi connectivity index (χ4n) is 2.33. The quantitative estimate of drug-likeness (QED) is 0.718. The van der Waals surface area contributed by atoms with Crippen LogP contribution in [0.2, 0.25) is 0 Å². The Morgan fingerprint density at radius 3 is 2.25 bits per heavy atom. The van der Waals surface area contributed by atoms with Gasteiger partial charge in [0.1, 0.15) is 0 Å². The van der Waals surface area contributed by atoms with Crippen LogP contribution >= 0.6 is 0 Å². The van der Waals surface area contributed by atoms with Crippen LogP contribution in [0.5, 0.6) is 0 Å². The van der Waals surface area contributed by atoms with E-state index in [2.05, 4.69) is 0 Å². The Labute approximate surface area is 96.0 Å². The topological polar surface area (TPSA) is 20.3 Å². The molecule has 1 amide bonds. The summed E-state index contributed by atoms with van der Waals surface area (Å²) < 4.78 is 27.6. The Balaban J connectivity index is 2.71. The Hall–Kier alpha value is -0.670. The lowest BCUT2D eigenvalue weighted by Gasteiger charge is -2.40. The molecule has 0 N–H and O–H groups in total. The highest BCUT2D eigenvalue weighted by molar-refractivity contribution is 5.78. The van der Waals surface area contributed by atoms with Crippen LogP contribution in [0, 0.1) is 17.8 Å². The van der Waals surface area contributed by atoms with Crippen LogP contribution in [0.1, 0.15) is 34.1 Å². The third kappa shape index (κ3) is 2.71. The van der Waals surface area contributed by atoms with Gasteiger partial charge < -0.3 is 4.90 Å². The van der Waals surface area contributed by atoms with E-state index in [1.165, 1.54) is 4.90 Å². The minimum atomic E-state index is -2.74. The summed E-state index contributed by atoms with van der Waals surface area (Å²) in [5, 5.41) is 0. The van der Waals surface area contributed by atoms with Crippen LogP contribution in [0.4, 0.5) is 8.78 Å². The number of nitrogens with zero attached hydrogens (tertiary/aromatic N) is 1. The van der Waals surface area contributed by atoms with Crippen molar-refractivity contribution in [3.63, 3.8) is 0 Å². The highest BCUT2D eigenvalue weighted by atomic mass is 19.3. The van der Waals surface area contributed by atoms with Crippen LogP contribution in [0.15, 0.2) is 0 Å². The number of carbonyl (C=O) groups excluding carboxylic acids is 1. The van der Waals surface area contributed by atoms with Crippen molar-refractivity contribution < 1.29 is 13.6 Å². The van der Waals surface area contributed by atoms with Crippen molar-refractivity contribution in [3.05, 3.63) is 0 Å². The van der Waals surface area contributed by atoms with Crippen molar-refractivity contribution >= 4 is 5.91 Å². The molecule has 0 spiro atoms. The fourth-order valence-corrected chi connectivity index (χ4v) is 2.33. The third-order valence-electron chi connectivity index (χ3n) is 3.26. The Morgan fingerprint density at radius 1 is 1.31 bits per heavy atom. The summed E-state index contributed by atoms with van der Waals surface area (Å²) in [6, 6.07) is 0. The van der Waals surface area contributed by atoms with Crippen molar-refractivity contribution in [3.8, 4) is 0 Å². The first kappa shape index (κ1) is 13.4. The number of alkyl halides is 2. The molecule has 2 nitrogen and oxygen atoms in total. The molecular weight excluding hydrogens is 212 g/mol. The zero-order chi connectivity index (χ0) is 12.5. The van der Waals surface area contributed by atoms with Gasteiger partial charge in [-0.05, 0) is 12.3 Å². The van der Waals surface area contributed by atoms with Crippen molar-refractivity contribution in [2.75, 3.05) is 13.1 Å². The van der Waals surface area contributed by atoms with Crippen LogP contribution in [-0.4, -0.2) is 29.8 Å². The first-order chi connectivity index (χ1) is 7.25. The predicted octanol–water partition coefficient (Wildman–Crippen LogP) is 2.78. The largest absolute Gasteiger partial charge is 0.336 e. The van der Waals surface area contributed by atoms with Crippen molar-refractivity contribution in [1.82, 2.24) is 4.90 Å². The Kier molecular flexibility index (Phi) is 3.92. The van der Waals surface area contributed by atoms with Gasteiger partial charge in [0.15, 0.2) is 0 Å². The number of rotatable bonds is 2. The lowest BCUT2D eigenvalue weighted by Crippen LogP contribution is -2.52. The second-order valence-corrected chi connectivity index (χ2v) is 5.31. The van der Waals surface area contributed by atoms with Gasteiger partial charge in [0.25, 0.3) is 5.92 Å². The van der Waals surface area contributed by atoms with E-state index in [-0.39, 0.29) is 17.7 Å². The highest BCUT2D eigenvalue weighted by Crippen LogP contribution is 2.37. The second kappa shape index (κ2) is 4.68. The molecule has 16 heavy (non-hydrogen) atoms. The summed E-state index contributed by atoms with van der Waals surface area (Å²) in [4.78, 5) is 13.0.